The molecular formula is C25H44. The van der Waals surface area contributed by atoms with E-state index in [0.717, 1.165) is 17.8 Å². The van der Waals surface area contributed by atoms with E-state index < -0.39 is 0 Å². The van der Waals surface area contributed by atoms with Crippen LogP contribution in [0.1, 0.15) is 129 Å². The van der Waals surface area contributed by atoms with Gasteiger partial charge in [-0.3, -0.25) is 0 Å². The molecule has 0 heterocycles. The van der Waals surface area contributed by atoms with Gasteiger partial charge in [-0.15, -0.1) is 0 Å². The van der Waals surface area contributed by atoms with Crippen molar-refractivity contribution in [2.75, 3.05) is 0 Å². The fourth-order valence-corrected chi connectivity index (χ4v) is 6.17. The molecule has 0 nitrogen and oxygen atoms in total. The Labute approximate surface area is 158 Å². The minimum absolute atomic E-state index is 1.03. The fraction of sp³-hybridized carbons (Fsp3) is 0.920. The topological polar surface area (TPSA) is 0 Å². The zero-order valence-corrected chi connectivity index (χ0v) is 17.2. The first kappa shape index (κ1) is 19.5. The Balaban J connectivity index is 1.52. The van der Waals surface area contributed by atoms with Crippen LogP contribution in [0.25, 0.3) is 0 Å². The third-order valence-corrected chi connectivity index (χ3v) is 7.96. The molecule has 0 radical (unpaired) electrons. The summed E-state index contributed by atoms with van der Waals surface area (Å²) in [6.45, 7) is 2.41. The number of rotatable bonds is 2. The Morgan fingerprint density at radius 3 is 1.68 bits per heavy atom. The molecule has 3 fully saturated rings. The highest BCUT2D eigenvalue weighted by Gasteiger charge is 2.28. The van der Waals surface area contributed by atoms with E-state index in [-0.39, 0.29) is 0 Å². The molecule has 0 aliphatic heterocycles. The molecule has 0 saturated heterocycles. The normalized spacial score (nSPS) is 31.6. The van der Waals surface area contributed by atoms with E-state index in [1.54, 1.807) is 12.8 Å². The van der Waals surface area contributed by atoms with Gasteiger partial charge in [0.05, 0.1) is 0 Å². The summed E-state index contributed by atoms with van der Waals surface area (Å²) in [5.74, 6) is 3.22. The van der Waals surface area contributed by atoms with Gasteiger partial charge < -0.3 is 0 Å². The van der Waals surface area contributed by atoms with Crippen molar-refractivity contribution in [2.45, 2.75) is 129 Å². The highest BCUT2D eigenvalue weighted by atomic mass is 14.3. The number of hydrogen-bond donors (Lipinski definition) is 0. The van der Waals surface area contributed by atoms with Gasteiger partial charge in [-0.1, -0.05) is 88.7 Å². The maximum atomic E-state index is 2.41. The van der Waals surface area contributed by atoms with E-state index in [2.05, 4.69) is 6.92 Å². The first-order valence-electron chi connectivity index (χ1n) is 12.1. The maximum Gasteiger partial charge on any atom is -0.0315 e. The van der Waals surface area contributed by atoms with Crippen LogP contribution in [-0.2, 0) is 0 Å². The molecule has 3 aliphatic rings. The van der Waals surface area contributed by atoms with Gasteiger partial charge in [0.15, 0.2) is 0 Å². The predicted octanol–water partition coefficient (Wildman–Crippen LogP) is 8.60. The van der Waals surface area contributed by atoms with Gasteiger partial charge >= 0.3 is 0 Å². The van der Waals surface area contributed by atoms with E-state index in [1.165, 1.54) is 109 Å². The second kappa shape index (κ2) is 10.8. The van der Waals surface area contributed by atoms with Crippen LogP contribution < -0.4 is 0 Å². The molecule has 1 unspecified atom stereocenters. The summed E-state index contributed by atoms with van der Waals surface area (Å²) in [6.07, 6.45) is 28.3. The van der Waals surface area contributed by atoms with Crippen LogP contribution in [0.5, 0.6) is 0 Å². The summed E-state index contributed by atoms with van der Waals surface area (Å²) < 4.78 is 0. The highest BCUT2D eigenvalue weighted by molar-refractivity contribution is 5.17. The molecule has 0 amide bonds. The number of allylic oxidation sites excluding steroid dienone is 2. The lowest BCUT2D eigenvalue weighted by Gasteiger charge is -2.30. The second-order valence-corrected chi connectivity index (χ2v) is 9.56. The lowest BCUT2D eigenvalue weighted by Crippen LogP contribution is -2.17. The van der Waals surface area contributed by atoms with Crippen molar-refractivity contribution in [1.29, 1.82) is 0 Å². The lowest BCUT2D eigenvalue weighted by molar-refractivity contribution is 0.276. The second-order valence-electron chi connectivity index (χ2n) is 9.56. The molecule has 0 spiro atoms. The zero-order valence-electron chi connectivity index (χ0n) is 17.2. The average Bonchev–Trinajstić information content (AvgIpc) is 3.17. The smallest absolute Gasteiger partial charge is 0.0315 e. The molecule has 0 aromatic heterocycles. The molecule has 0 aromatic rings. The van der Waals surface area contributed by atoms with Gasteiger partial charge in [-0.25, -0.2) is 0 Å². The van der Waals surface area contributed by atoms with Crippen LogP contribution in [0, 0.1) is 17.8 Å². The van der Waals surface area contributed by atoms with E-state index in [9.17, 15) is 0 Å². The van der Waals surface area contributed by atoms with Crippen LogP contribution >= 0.6 is 0 Å². The molecular weight excluding hydrogens is 300 g/mol. The van der Waals surface area contributed by atoms with Crippen molar-refractivity contribution in [3.63, 3.8) is 0 Å². The summed E-state index contributed by atoms with van der Waals surface area (Å²) >= 11 is 0. The maximum absolute atomic E-state index is 2.41. The molecule has 0 bridgehead atoms. The Bertz CT molecular complexity index is 388. The van der Waals surface area contributed by atoms with Gasteiger partial charge in [0.25, 0.3) is 0 Å². The Hall–Kier alpha value is -0.260. The van der Waals surface area contributed by atoms with Gasteiger partial charge in [0.2, 0.25) is 0 Å². The van der Waals surface area contributed by atoms with E-state index in [0.29, 0.717) is 0 Å². The van der Waals surface area contributed by atoms with Gasteiger partial charge in [-0.05, 0) is 69.1 Å². The minimum atomic E-state index is 1.03. The molecule has 25 heavy (non-hydrogen) atoms. The minimum Gasteiger partial charge on any atom is -0.0710 e. The molecule has 3 rings (SSSR count). The SMILES string of the molecule is CCC1CCCCCCC(=C2CCC(C3CCCC3)CC2)CCCC1. The summed E-state index contributed by atoms with van der Waals surface area (Å²) in [6, 6.07) is 0. The number of hydrogen-bond acceptors (Lipinski definition) is 0. The molecule has 1 atom stereocenters. The van der Waals surface area contributed by atoms with Gasteiger partial charge in [0.1, 0.15) is 0 Å². The predicted molar refractivity (Wildman–Crippen MR) is 111 cm³/mol. The molecule has 0 N–H and O–H groups in total. The van der Waals surface area contributed by atoms with Crippen LogP contribution in [0.4, 0.5) is 0 Å². The first-order chi connectivity index (χ1) is 12.4. The molecule has 144 valence electrons. The monoisotopic (exact) mass is 344 g/mol. The molecule has 0 heteroatoms. The Morgan fingerprint density at radius 2 is 1.00 bits per heavy atom. The van der Waals surface area contributed by atoms with Crippen molar-refractivity contribution in [3.05, 3.63) is 11.1 Å². The third-order valence-electron chi connectivity index (χ3n) is 7.96. The Morgan fingerprint density at radius 1 is 0.520 bits per heavy atom. The van der Waals surface area contributed by atoms with Crippen molar-refractivity contribution >= 4 is 0 Å². The van der Waals surface area contributed by atoms with Gasteiger partial charge in [-0.2, -0.15) is 0 Å². The quantitative estimate of drug-likeness (QED) is 0.440. The van der Waals surface area contributed by atoms with Crippen LogP contribution in [-0.4, -0.2) is 0 Å². The van der Waals surface area contributed by atoms with Crippen molar-refractivity contribution in [2.24, 2.45) is 17.8 Å². The van der Waals surface area contributed by atoms with Crippen molar-refractivity contribution in [1.82, 2.24) is 0 Å². The summed E-state index contributed by atoms with van der Waals surface area (Å²) in [5.41, 5.74) is 3.86. The van der Waals surface area contributed by atoms with Gasteiger partial charge in [0, 0.05) is 0 Å². The van der Waals surface area contributed by atoms with E-state index in [1.807, 2.05) is 11.1 Å². The zero-order chi connectivity index (χ0) is 17.3. The first-order valence-corrected chi connectivity index (χ1v) is 12.1. The fourth-order valence-electron chi connectivity index (χ4n) is 6.17. The summed E-state index contributed by atoms with van der Waals surface area (Å²) in [5, 5.41) is 0. The highest BCUT2D eigenvalue weighted by Crippen LogP contribution is 2.42. The molecule has 0 aromatic carbocycles. The summed E-state index contributed by atoms with van der Waals surface area (Å²) in [4.78, 5) is 0. The van der Waals surface area contributed by atoms with Crippen LogP contribution in [0.2, 0.25) is 0 Å². The van der Waals surface area contributed by atoms with Crippen LogP contribution in [0.15, 0.2) is 11.1 Å². The largest absolute Gasteiger partial charge is 0.0710 e. The summed E-state index contributed by atoms with van der Waals surface area (Å²) in [7, 11) is 0. The van der Waals surface area contributed by atoms with Crippen molar-refractivity contribution < 1.29 is 0 Å². The average molecular weight is 345 g/mol. The van der Waals surface area contributed by atoms with Crippen molar-refractivity contribution in [3.8, 4) is 0 Å². The van der Waals surface area contributed by atoms with Crippen LogP contribution in [0.3, 0.4) is 0 Å². The Kier molecular flexibility index (Phi) is 8.41. The van der Waals surface area contributed by atoms with E-state index in [4.69, 9.17) is 0 Å². The molecule has 3 aliphatic carbocycles. The molecule has 3 saturated carbocycles. The third kappa shape index (κ3) is 6.14. The standard InChI is InChI=1S/C25H44/c1-2-21-11-5-3-4-6-13-22(14-8-7-12-21)24-17-19-25(20-18-24)23-15-9-10-16-23/h21,23,25H,2-20H2,1H3. The van der Waals surface area contributed by atoms with E-state index >= 15 is 0 Å². The lowest BCUT2D eigenvalue weighted by atomic mass is 9.75.